The van der Waals surface area contributed by atoms with Crippen LogP contribution in [0.2, 0.25) is 0 Å². The number of hydrogen-bond donors (Lipinski definition) is 1. The summed E-state index contributed by atoms with van der Waals surface area (Å²) in [4.78, 5) is 2.30. The first kappa shape index (κ1) is 11.4. The third kappa shape index (κ3) is 2.36. The average Bonchev–Trinajstić information content (AvgIpc) is 2.47. The second-order valence-electron chi connectivity index (χ2n) is 4.20. The van der Waals surface area contributed by atoms with Crippen LogP contribution in [-0.2, 0) is 4.74 Å². The summed E-state index contributed by atoms with van der Waals surface area (Å²) in [5.74, 6) is 0. The third-order valence-electron chi connectivity index (χ3n) is 3.11. The van der Waals surface area contributed by atoms with Gasteiger partial charge in [-0.15, -0.1) is 0 Å². The maximum atomic E-state index is 10.0. The fourth-order valence-electron chi connectivity index (χ4n) is 2.24. The molecule has 2 rings (SSSR count). The maximum absolute atomic E-state index is 10.0. The smallest absolute Gasteiger partial charge is 0.0810 e. The first-order chi connectivity index (χ1) is 7.83. The molecule has 1 atom stereocenters. The molecule has 3 nitrogen and oxygen atoms in total. The Bertz CT molecular complexity index is 340. The molecule has 1 aliphatic rings. The lowest BCUT2D eigenvalue weighted by Gasteiger charge is -2.24. The van der Waals surface area contributed by atoms with Gasteiger partial charge in [0.1, 0.15) is 0 Å². The summed E-state index contributed by atoms with van der Waals surface area (Å²) < 4.78 is 5.12. The highest BCUT2D eigenvalue weighted by atomic mass is 16.5. The van der Waals surface area contributed by atoms with Gasteiger partial charge in [0.05, 0.1) is 12.7 Å². The third-order valence-corrected chi connectivity index (χ3v) is 3.11. The summed E-state index contributed by atoms with van der Waals surface area (Å²) >= 11 is 0. The van der Waals surface area contributed by atoms with Crippen LogP contribution in [0.4, 0.5) is 5.69 Å². The molecule has 0 bridgehead atoms. The molecule has 1 heterocycles. The maximum Gasteiger partial charge on any atom is 0.0810 e. The fraction of sp³-hybridized carbons (Fsp3) is 0.538. The number of ether oxygens (including phenoxy) is 1. The predicted molar refractivity (Wildman–Crippen MR) is 64.7 cm³/mol. The van der Waals surface area contributed by atoms with Crippen molar-refractivity contribution in [3.05, 3.63) is 29.8 Å². The molecule has 1 unspecified atom stereocenters. The lowest BCUT2D eigenvalue weighted by atomic mass is 10.0. The topological polar surface area (TPSA) is 32.7 Å². The van der Waals surface area contributed by atoms with Gasteiger partial charge in [0, 0.05) is 31.5 Å². The molecule has 16 heavy (non-hydrogen) atoms. The van der Waals surface area contributed by atoms with Gasteiger partial charge in [-0.1, -0.05) is 18.2 Å². The van der Waals surface area contributed by atoms with Crippen LogP contribution in [-0.4, -0.2) is 31.9 Å². The molecule has 0 spiro atoms. The summed E-state index contributed by atoms with van der Waals surface area (Å²) in [7, 11) is 1.72. The van der Waals surface area contributed by atoms with E-state index in [1.807, 2.05) is 18.2 Å². The van der Waals surface area contributed by atoms with Gasteiger partial charge in [0.15, 0.2) is 0 Å². The van der Waals surface area contributed by atoms with E-state index in [0.29, 0.717) is 0 Å². The highest BCUT2D eigenvalue weighted by Gasteiger charge is 2.20. The van der Waals surface area contributed by atoms with Crippen LogP contribution in [0.1, 0.15) is 24.5 Å². The lowest BCUT2D eigenvalue weighted by molar-refractivity contribution is 0.168. The molecule has 0 aromatic heterocycles. The molecule has 3 heteroatoms. The van der Waals surface area contributed by atoms with Crippen molar-refractivity contribution in [2.45, 2.75) is 18.9 Å². The second-order valence-corrected chi connectivity index (χ2v) is 4.20. The van der Waals surface area contributed by atoms with Crippen molar-refractivity contribution in [1.82, 2.24) is 0 Å². The Labute approximate surface area is 96.6 Å². The second kappa shape index (κ2) is 5.32. The molecule has 0 saturated heterocycles. The number of nitrogens with zero attached hydrogens (tertiary/aromatic N) is 1. The molecule has 0 saturated carbocycles. The van der Waals surface area contributed by atoms with Crippen molar-refractivity contribution in [1.29, 1.82) is 0 Å². The number of benzene rings is 1. The van der Waals surface area contributed by atoms with Gasteiger partial charge < -0.3 is 14.7 Å². The van der Waals surface area contributed by atoms with Gasteiger partial charge >= 0.3 is 0 Å². The van der Waals surface area contributed by atoms with Crippen molar-refractivity contribution in [2.75, 3.05) is 31.7 Å². The van der Waals surface area contributed by atoms with Crippen LogP contribution in [0.3, 0.4) is 0 Å². The van der Waals surface area contributed by atoms with Crippen LogP contribution in [0.25, 0.3) is 0 Å². The SMILES string of the molecule is COCCN1CCCC(O)c2ccccc21. The molecule has 0 aliphatic carbocycles. The summed E-state index contributed by atoms with van der Waals surface area (Å²) in [5, 5.41) is 10.0. The van der Waals surface area contributed by atoms with E-state index in [1.54, 1.807) is 7.11 Å². The highest BCUT2D eigenvalue weighted by molar-refractivity contribution is 5.55. The van der Waals surface area contributed by atoms with Gasteiger partial charge in [-0.3, -0.25) is 0 Å². The van der Waals surface area contributed by atoms with Crippen molar-refractivity contribution in [3.8, 4) is 0 Å². The minimum atomic E-state index is -0.316. The summed E-state index contributed by atoms with van der Waals surface area (Å²) in [6.45, 7) is 2.61. The van der Waals surface area contributed by atoms with Crippen molar-refractivity contribution >= 4 is 5.69 Å². The number of aliphatic hydroxyl groups is 1. The molecule has 1 aliphatic heterocycles. The molecule has 0 fully saturated rings. The Kier molecular flexibility index (Phi) is 3.80. The van der Waals surface area contributed by atoms with E-state index in [1.165, 1.54) is 0 Å². The Morgan fingerprint density at radius 2 is 2.25 bits per heavy atom. The first-order valence-electron chi connectivity index (χ1n) is 5.84. The van der Waals surface area contributed by atoms with Crippen molar-refractivity contribution in [3.63, 3.8) is 0 Å². The van der Waals surface area contributed by atoms with E-state index in [9.17, 15) is 5.11 Å². The molecule has 1 aromatic carbocycles. The van der Waals surface area contributed by atoms with E-state index >= 15 is 0 Å². The molecule has 0 radical (unpaired) electrons. The molecule has 0 amide bonds. The average molecular weight is 221 g/mol. The van der Waals surface area contributed by atoms with Gasteiger partial charge in [-0.05, 0) is 18.9 Å². The zero-order valence-electron chi connectivity index (χ0n) is 9.72. The largest absolute Gasteiger partial charge is 0.388 e. The molecule has 1 N–H and O–H groups in total. The quantitative estimate of drug-likeness (QED) is 0.847. The predicted octanol–water partition coefficient (Wildman–Crippen LogP) is 1.97. The van der Waals surface area contributed by atoms with Crippen molar-refractivity contribution < 1.29 is 9.84 Å². The molecule has 1 aromatic rings. The van der Waals surface area contributed by atoms with E-state index in [0.717, 1.165) is 43.8 Å². The lowest BCUT2D eigenvalue weighted by Crippen LogP contribution is -2.27. The number of para-hydroxylation sites is 1. The van der Waals surface area contributed by atoms with Crippen LogP contribution < -0.4 is 4.90 Å². The van der Waals surface area contributed by atoms with E-state index < -0.39 is 0 Å². The zero-order chi connectivity index (χ0) is 11.4. The summed E-state index contributed by atoms with van der Waals surface area (Å²) in [5.41, 5.74) is 2.21. The number of methoxy groups -OCH3 is 1. The number of aliphatic hydroxyl groups excluding tert-OH is 1. The zero-order valence-corrected chi connectivity index (χ0v) is 9.72. The Morgan fingerprint density at radius 1 is 1.44 bits per heavy atom. The van der Waals surface area contributed by atoms with E-state index in [2.05, 4.69) is 11.0 Å². The Balaban J connectivity index is 2.24. The summed E-state index contributed by atoms with van der Waals surface area (Å²) in [6.07, 6.45) is 1.56. The van der Waals surface area contributed by atoms with Crippen LogP contribution in [0.5, 0.6) is 0 Å². The van der Waals surface area contributed by atoms with Gasteiger partial charge in [0.2, 0.25) is 0 Å². The van der Waals surface area contributed by atoms with Gasteiger partial charge in [-0.2, -0.15) is 0 Å². The van der Waals surface area contributed by atoms with Gasteiger partial charge in [-0.25, -0.2) is 0 Å². The minimum Gasteiger partial charge on any atom is -0.388 e. The van der Waals surface area contributed by atoms with Crippen LogP contribution in [0.15, 0.2) is 24.3 Å². The first-order valence-corrected chi connectivity index (χ1v) is 5.84. The molecular formula is C13H19NO2. The Hall–Kier alpha value is -1.06. The number of rotatable bonds is 3. The normalized spacial score (nSPS) is 20.4. The highest BCUT2D eigenvalue weighted by Crippen LogP contribution is 2.32. The van der Waals surface area contributed by atoms with Gasteiger partial charge in [0.25, 0.3) is 0 Å². The number of anilines is 1. The van der Waals surface area contributed by atoms with E-state index in [4.69, 9.17) is 4.74 Å². The number of hydrogen-bond acceptors (Lipinski definition) is 3. The van der Waals surface area contributed by atoms with E-state index in [-0.39, 0.29) is 6.10 Å². The fourth-order valence-corrected chi connectivity index (χ4v) is 2.24. The standard InChI is InChI=1S/C13H19NO2/c1-16-10-9-14-8-4-7-13(15)11-5-2-3-6-12(11)14/h2-3,5-6,13,15H,4,7-10H2,1H3. The molecule has 88 valence electrons. The Morgan fingerprint density at radius 3 is 3.06 bits per heavy atom. The number of fused-ring (bicyclic) bond motifs is 1. The van der Waals surface area contributed by atoms with Crippen LogP contribution >= 0.6 is 0 Å². The minimum absolute atomic E-state index is 0.316. The van der Waals surface area contributed by atoms with Crippen LogP contribution in [0, 0.1) is 0 Å². The van der Waals surface area contributed by atoms with Crippen molar-refractivity contribution in [2.24, 2.45) is 0 Å². The monoisotopic (exact) mass is 221 g/mol. The molecular weight excluding hydrogens is 202 g/mol. The summed E-state index contributed by atoms with van der Waals surface area (Å²) in [6, 6.07) is 8.11.